The maximum Gasteiger partial charge on any atom is 0.207 e. The summed E-state index contributed by atoms with van der Waals surface area (Å²) in [5, 5.41) is 8.29. The van der Waals surface area contributed by atoms with Gasteiger partial charge in [-0.2, -0.15) is 5.10 Å². The molecule has 2 aromatic heterocycles. The van der Waals surface area contributed by atoms with E-state index < -0.39 is 0 Å². The van der Waals surface area contributed by atoms with Crippen molar-refractivity contribution in [2.75, 3.05) is 6.54 Å². The molecule has 0 aliphatic rings. The lowest BCUT2D eigenvalue weighted by Crippen LogP contribution is -2.10. The number of aryl methyl sites for hydroxylation is 1. The highest BCUT2D eigenvalue weighted by Gasteiger charge is 2.04. The van der Waals surface area contributed by atoms with E-state index >= 15 is 0 Å². The van der Waals surface area contributed by atoms with Gasteiger partial charge in [-0.25, -0.2) is 9.67 Å². The Morgan fingerprint density at radius 3 is 2.83 bits per heavy atom. The third kappa shape index (κ3) is 3.70. The third-order valence-electron chi connectivity index (χ3n) is 2.26. The summed E-state index contributed by atoms with van der Waals surface area (Å²) >= 11 is 5.93. The number of fused-ring (bicyclic) bond motifs is 1. The number of rotatable bonds is 4. The molecule has 0 saturated carbocycles. The maximum atomic E-state index is 9.45. The smallest absolute Gasteiger partial charge is 0.207 e. The molecule has 0 aromatic carbocycles. The van der Waals surface area contributed by atoms with Gasteiger partial charge in [0, 0.05) is 19.3 Å². The second-order valence-corrected chi connectivity index (χ2v) is 3.97. The molecular weight excluding hydrogens is 252 g/mol. The molecule has 98 valence electrons. The third-order valence-corrected chi connectivity index (χ3v) is 2.59. The topological polar surface area (TPSA) is 59.8 Å². The summed E-state index contributed by atoms with van der Waals surface area (Å²) in [6.07, 6.45) is 5.16. The molecule has 0 atom stereocenters. The Kier molecular flexibility index (Phi) is 6.14. The Hall–Kier alpha value is -1.62. The molecule has 5 nitrogen and oxygen atoms in total. The van der Waals surface area contributed by atoms with E-state index in [2.05, 4.69) is 15.4 Å². The Labute approximate surface area is 111 Å². The number of amides is 1. The summed E-state index contributed by atoms with van der Waals surface area (Å²) in [5.74, 6) is 0. The molecular formula is C12H17ClN4O. The van der Waals surface area contributed by atoms with Crippen molar-refractivity contribution in [3.05, 3.63) is 23.5 Å². The van der Waals surface area contributed by atoms with E-state index in [-0.39, 0.29) is 0 Å². The number of nitrogens with zero attached hydrogens (tertiary/aromatic N) is 3. The fraction of sp³-hybridized carbons (Fsp3) is 0.417. The van der Waals surface area contributed by atoms with E-state index in [4.69, 9.17) is 11.6 Å². The maximum absolute atomic E-state index is 9.45. The van der Waals surface area contributed by atoms with Gasteiger partial charge in [-0.05, 0) is 19.4 Å². The van der Waals surface area contributed by atoms with E-state index in [0.29, 0.717) is 11.4 Å². The Morgan fingerprint density at radius 2 is 2.28 bits per heavy atom. The van der Waals surface area contributed by atoms with Gasteiger partial charge in [0.15, 0.2) is 5.65 Å². The summed E-state index contributed by atoms with van der Waals surface area (Å²) in [6, 6.07) is 1.77. The highest BCUT2D eigenvalue weighted by atomic mass is 35.5. The number of pyridine rings is 1. The highest BCUT2D eigenvalue weighted by molar-refractivity contribution is 6.35. The van der Waals surface area contributed by atoms with Crippen molar-refractivity contribution >= 4 is 29.0 Å². The molecule has 0 fully saturated rings. The van der Waals surface area contributed by atoms with Crippen LogP contribution in [0.25, 0.3) is 11.0 Å². The van der Waals surface area contributed by atoms with Gasteiger partial charge in [0.05, 0.1) is 16.6 Å². The van der Waals surface area contributed by atoms with Crippen LogP contribution in [0.4, 0.5) is 0 Å². The minimum Gasteiger partial charge on any atom is -0.359 e. The van der Waals surface area contributed by atoms with Crippen molar-refractivity contribution in [3.63, 3.8) is 0 Å². The zero-order chi connectivity index (χ0) is 13.4. The van der Waals surface area contributed by atoms with Gasteiger partial charge in [-0.15, -0.1) is 0 Å². The van der Waals surface area contributed by atoms with E-state index in [1.165, 1.54) is 0 Å². The van der Waals surface area contributed by atoms with Gasteiger partial charge in [-0.1, -0.05) is 18.5 Å². The van der Waals surface area contributed by atoms with Crippen LogP contribution in [0.1, 0.15) is 20.3 Å². The lowest BCUT2D eigenvalue weighted by atomic mass is 10.3. The summed E-state index contributed by atoms with van der Waals surface area (Å²) < 4.78 is 1.82. The van der Waals surface area contributed by atoms with Gasteiger partial charge in [0.25, 0.3) is 0 Å². The van der Waals surface area contributed by atoms with Crippen LogP contribution in [0.2, 0.25) is 5.02 Å². The van der Waals surface area contributed by atoms with Crippen LogP contribution in [0.3, 0.4) is 0 Å². The van der Waals surface area contributed by atoms with E-state index in [1.807, 2.05) is 18.5 Å². The zero-order valence-corrected chi connectivity index (χ0v) is 11.3. The minimum absolute atomic E-state index is 0.708. The Morgan fingerprint density at radius 1 is 1.50 bits per heavy atom. The van der Waals surface area contributed by atoms with Gasteiger partial charge in [0.2, 0.25) is 6.41 Å². The molecule has 6 heteroatoms. The number of hydrogen-bond acceptors (Lipinski definition) is 3. The van der Waals surface area contributed by atoms with Crippen LogP contribution in [-0.4, -0.2) is 27.7 Å². The predicted octanol–water partition coefficient (Wildman–Crippen LogP) is 2.25. The Balaban J connectivity index is 0.000000232. The standard InChI is InChI=1S/C8H8ClN3.C4H9NO/c1-2-12-8-6(5-11-12)7(9)3-4-10-8;1-2-3-5-4-6/h3-5H,2H2,1H3;4H,2-3H2,1H3,(H,5,6). The summed E-state index contributed by atoms with van der Waals surface area (Å²) in [4.78, 5) is 13.6. The average Bonchev–Trinajstić information content (AvgIpc) is 2.81. The number of hydrogen-bond donors (Lipinski definition) is 1. The molecule has 0 aliphatic carbocycles. The van der Waals surface area contributed by atoms with Gasteiger partial charge < -0.3 is 5.32 Å². The largest absolute Gasteiger partial charge is 0.359 e. The quantitative estimate of drug-likeness (QED) is 0.683. The first-order valence-electron chi connectivity index (χ1n) is 5.87. The Bertz CT molecular complexity index is 498. The van der Waals surface area contributed by atoms with Gasteiger partial charge >= 0.3 is 0 Å². The average molecular weight is 269 g/mol. The van der Waals surface area contributed by atoms with Crippen LogP contribution in [0.15, 0.2) is 18.5 Å². The molecule has 0 saturated heterocycles. The van der Waals surface area contributed by atoms with E-state index in [0.717, 1.165) is 30.5 Å². The van der Waals surface area contributed by atoms with Crippen LogP contribution in [-0.2, 0) is 11.3 Å². The lowest BCUT2D eigenvalue weighted by Gasteiger charge is -1.96. The van der Waals surface area contributed by atoms with Crippen molar-refractivity contribution in [1.29, 1.82) is 0 Å². The number of nitrogens with one attached hydrogen (secondary N) is 1. The number of halogens is 1. The number of aromatic nitrogens is 3. The summed E-state index contributed by atoms with van der Waals surface area (Å²) in [5.41, 5.74) is 0.852. The molecule has 0 spiro atoms. The molecule has 18 heavy (non-hydrogen) atoms. The first-order valence-corrected chi connectivity index (χ1v) is 6.25. The van der Waals surface area contributed by atoms with Crippen LogP contribution < -0.4 is 5.32 Å². The molecule has 0 radical (unpaired) electrons. The molecule has 2 heterocycles. The molecule has 1 amide bonds. The number of carbonyl (C=O) groups is 1. The fourth-order valence-electron chi connectivity index (χ4n) is 1.38. The van der Waals surface area contributed by atoms with Crippen LogP contribution in [0.5, 0.6) is 0 Å². The van der Waals surface area contributed by atoms with E-state index in [1.54, 1.807) is 18.5 Å². The fourth-order valence-corrected chi connectivity index (χ4v) is 1.57. The van der Waals surface area contributed by atoms with E-state index in [9.17, 15) is 4.79 Å². The minimum atomic E-state index is 0.708. The molecule has 0 aliphatic heterocycles. The summed E-state index contributed by atoms with van der Waals surface area (Å²) in [7, 11) is 0. The predicted molar refractivity (Wildman–Crippen MR) is 72.6 cm³/mol. The van der Waals surface area contributed by atoms with Crippen molar-refractivity contribution in [2.45, 2.75) is 26.8 Å². The SMILES string of the molecule is CCCNC=O.CCn1ncc2c(Cl)ccnc21. The van der Waals surface area contributed by atoms with Crippen LogP contribution in [0, 0.1) is 0 Å². The first kappa shape index (κ1) is 14.4. The molecule has 0 unspecified atom stereocenters. The van der Waals surface area contributed by atoms with Gasteiger partial charge in [0.1, 0.15) is 0 Å². The molecule has 2 rings (SSSR count). The highest BCUT2D eigenvalue weighted by Crippen LogP contribution is 2.20. The lowest BCUT2D eigenvalue weighted by molar-refractivity contribution is -0.109. The zero-order valence-electron chi connectivity index (χ0n) is 10.6. The summed E-state index contributed by atoms with van der Waals surface area (Å²) in [6.45, 7) is 5.64. The normalized spacial score (nSPS) is 9.72. The molecule has 0 bridgehead atoms. The van der Waals surface area contributed by atoms with Gasteiger partial charge in [-0.3, -0.25) is 4.79 Å². The molecule has 2 aromatic rings. The van der Waals surface area contributed by atoms with Crippen molar-refractivity contribution < 1.29 is 4.79 Å². The van der Waals surface area contributed by atoms with Crippen molar-refractivity contribution in [3.8, 4) is 0 Å². The van der Waals surface area contributed by atoms with Crippen LogP contribution >= 0.6 is 11.6 Å². The molecule has 1 N–H and O–H groups in total. The second-order valence-electron chi connectivity index (χ2n) is 3.56. The first-order chi connectivity index (χ1) is 8.74. The second kappa shape index (κ2) is 7.66. The van der Waals surface area contributed by atoms with Crippen molar-refractivity contribution in [1.82, 2.24) is 20.1 Å². The number of carbonyl (C=O) groups excluding carboxylic acids is 1. The van der Waals surface area contributed by atoms with Crippen molar-refractivity contribution in [2.24, 2.45) is 0 Å². The monoisotopic (exact) mass is 268 g/mol.